The lowest BCUT2D eigenvalue weighted by molar-refractivity contribution is 0.0900. The van der Waals surface area contributed by atoms with Crippen LogP contribution in [0.5, 0.6) is 0 Å². The first-order valence-electron chi connectivity index (χ1n) is 8.79. The molecule has 5 heteroatoms. The molecule has 0 aliphatic carbocycles. The lowest BCUT2D eigenvalue weighted by Gasteiger charge is -2.34. The molecule has 0 spiro atoms. The summed E-state index contributed by atoms with van der Waals surface area (Å²) >= 11 is 0. The monoisotopic (exact) mass is 325 g/mol. The van der Waals surface area contributed by atoms with Crippen LogP contribution in [0.15, 0.2) is 36.5 Å². The molecule has 0 unspecified atom stereocenters. The molecule has 1 aromatic carbocycles. The first-order chi connectivity index (χ1) is 11.8. The fourth-order valence-corrected chi connectivity index (χ4v) is 3.76. The van der Waals surface area contributed by atoms with Gasteiger partial charge in [0.25, 0.3) is 5.91 Å². The third-order valence-electron chi connectivity index (χ3n) is 5.09. The highest BCUT2D eigenvalue weighted by molar-refractivity contribution is 5.98. The van der Waals surface area contributed by atoms with Crippen molar-refractivity contribution in [2.75, 3.05) is 26.3 Å². The summed E-state index contributed by atoms with van der Waals surface area (Å²) in [5.74, 6) is -0.0294. The quantitative estimate of drug-likeness (QED) is 0.940. The maximum atomic E-state index is 12.7. The highest BCUT2D eigenvalue weighted by atomic mass is 16.5. The third kappa shape index (κ3) is 3.14. The Labute approximate surface area is 142 Å². The first kappa shape index (κ1) is 15.5. The number of aromatic nitrogens is 1. The van der Waals surface area contributed by atoms with Crippen LogP contribution < -0.4 is 5.32 Å². The Bertz CT molecular complexity index is 727. The molecule has 2 atom stereocenters. The largest absolute Gasteiger partial charge is 0.378 e. The topological polar surface area (TPSA) is 54.5 Å². The molecule has 1 aromatic heterocycles. The standard InChI is InChI=1S/C19H23N3O2/c23-19(15-6-7-16-14(11-15)5-4-8-20-16)21-17-12-24-13-18(17)22-9-2-1-3-10-22/h4-8,11,17-18H,1-3,9-10,12-13H2,(H,21,23)/t17-,18-/m1/s1. The number of amides is 1. The molecular formula is C19H23N3O2. The summed E-state index contributed by atoms with van der Waals surface area (Å²) in [6, 6.07) is 9.89. The molecule has 1 N–H and O–H groups in total. The van der Waals surface area contributed by atoms with Gasteiger partial charge in [0, 0.05) is 17.1 Å². The number of piperidine rings is 1. The van der Waals surface area contributed by atoms with E-state index in [1.165, 1.54) is 19.3 Å². The fourth-order valence-electron chi connectivity index (χ4n) is 3.76. The van der Waals surface area contributed by atoms with Gasteiger partial charge in [-0.25, -0.2) is 0 Å². The number of hydrogen-bond donors (Lipinski definition) is 1. The Morgan fingerprint density at radius 2 is 2.04 bits per heavy atom. The maximum absolute atomic E-state index is 12.7. The highest BCUT2D eigenvalue weighted by Crippen LogP contribution is 2.20. The Morgan fingerprint density at radius 1 is 1.17 bits per heavy atom. The number of fused-ring (bicyclic) bond motifs is 1. The number of hydrogen-bond acceptors (Lipinski definition) is 4. The summed E-state index contributed by atoms with van der Waals surface area (Å²) in [5, 5.41) is 4.17. The summed E-state index contributed by atoms with van der Waals surface area (Å²) < 4.78 is 5.66. The lowest BCUT2D eigenvalue weighted by Crippen LogP contribution is -2.52. The number of nitrogens with zero attached hydrogens (tertiary/aromatic N) is 2. The summed E-state index contributed by atoms with van der Waals surface area (Å²) in [7, 11) is 0. The summed E-state index contributed by atoms with van der Waals surface area (Å²) in [6.07, 6.45) is 5.57. The Kier molecular flexibility index (Phi) is 4.45. The predicted molar refractivity (Wildman–Crippen MR) is 93.0 cm³/mol. The van der Waals surface area contributed by atoms with Gasteiger partial charge in [-0.1, -0.05) is 12.5 Å². The number of carbonyl (C=O) groups excluding carboxylic acids is 1. The molecule has 2 saturated heterocycles. The zero-order valence-corrected chi connectivity index (χ0v) is 13.8. The van der Waals surface area contributed by atoms with Crippen molar-refractivity contribution in [3.63, 3.8) is 0 Å². The molecule has 2 aromatic rings. The number of likely N-dealkylation sites (tertiary alicyclic amines) is 1. The van der Waals surface area contributed by atoms with Gasteiger partial charge in [0.15, 0.2) is 0 Å². The van der Waals surface area contributed by atoms with Crippen molar-refractivity contribution in [2.24, 2.45) is 0 Å². The van der Waals surface area contributed by atoms with Gasteiger partial charge in [-0.3, -0.25) is 14.7 Å². The second-order valence-electron chi connectivity index (χ2n) is 6.69. The molecule has 2 aliphatic heterocycles. The summed E-state index contributed by atoms with van der Waals surface area (Å²) in [5.41, 5.74) is 1.59. The zero-order valence-electron chi connectivity index (χ0n) is 13.8. The molecule has 2 aliphatic rings. The Balaban J connectivity index is 1.47. The average molecular weight is 325 g/mol. The minimum atomic E-state index is -0.0294. The van der Waals surface area contributed by atoms with Crippen molar-refractivity contribution in [2.45, 2.75) is 31.3 Å². The van der Waals surface area contributed by atoms with Crippen molar-refractivity contribution in [3.05, 3.63) is 42.1 Å². The SMILES string of the molecule is O=C(N[C@@H]1COC[C@H]1N1CCCCC1)c1ccc2ncccc2c1. The van der Waals surface area contributed by atoms with Gasteiger partial charge < -0.3 is 10.1 Å². The molecule has 1 amide bonds. The Hall–Kier alpha value is -1.98. The van der Waals surface area contributed by atoms with E-state index in [-0.39, 0.29) is 11.9 Å². The molecule has 0 saturated carbocycles. The lowest BCUT2D eigenvalue weighted by atomic mass is 10.0. The van der Waals surface area contributed by atoms with Gasteiger partial charge in [0.05, 0.1) is 30.8 Å². The van der Waals surface area contributed by atoms with Gasteiger partial charge in [-0.15, -0.1) is 0 Å². The smallest absolute Gasteiger partial charge is 0.251 e. The van der Waals surface area contributed by atoms with Gasteiger partial charge in [-0.05, 0) is 50.2 Å². The van der Waals surface area contributed by atoms with Gasteiger partial charge in [-0.2, -0.15) is 0 Å². The molecule has 0 radical (unpaired) electrons. The van der Waals surface area contributed by atoms with Gasteiger partial charge >= 0.3 is 0 Å². The minimum Gasteiger partial charge on any atom is -0.378 e. The number of nitrogens with one attached hydrogen (secondary N) is 1. The fraction of sp³-hybridized carbons (Fsp3) is 0.474. The van der Waals surface area contributed by atoms with E-state index in [0.717, 1.165) is 24.0 Å². The van der Waals surface area contributed by atoms with Crippen molar-refractivity contribution in [1.82, 2.24) is 15.2 Å². The molecule has 3 heterocycles. The van der Waals surface area contributed by atoms with E-state index in [4.69, 9.17) is 4.74 Å². The molecule has 5 nitrogen and oxygen atoms in total. The Morgan fingerprint density at radius 3 is 2.92 bits per heavy atom. The number of ether oxygens (including phenoxy) is 1. The summed E-state index contributed by atoms with van der Waals surface area (Å²) in [4.78, 5) is 19.4. The van der Waals surface area contributed by atoms with Crippen LogP contribution in [0.4, 0.5) is 0 Å². The van der Waals surface area contributed by atoms with E-state index in [0.29, 0.717) is 24.8 Å². The van der Waals surface area contributed by atoms with E-state index in [9.17, 15) is 4.79 Å². The summed E-state index contributed by atoms with van der Waals surface area (Å²) in [6.45, 7) is 3.54. The van der Waals surface area contributed by atoms with Gasteiger partial charge in [0.1, 0.15) is 0 Å². The predicted octanol–water partition coefficient (Wildman–Crippen LogP) is 2.22. The molecule has 126 valence electrons. The number of carbonyl (C=O) groups is 1. The second-order valence-corrected chi connectivity index (χ2v) is 6.69. The zero-order chi connectivity index (χ0) is 16.4. The average Bonchev–Trinajstić information content (AvgIpc) is 3.10. The van der Waals surface area contributed by atoms with Crippen molar-refractivity contribution >= 4 is 16.8 Å². The van der Waals surface area contributed by atoms with Crippen LogP contribution >= 0.6 is 0 Å². The molecule has 24 heavy (non-hydrogen) atoms. The highest BCUT2D eigenvalue weighted by Gasteiger charge is 2.34. The van der Waals surface area contributed by atoms with Crippen LogP contribution in [0, 0.1) is 0 Å². The second kappa shape index (κ2) is 6.87. The van der Waals surface area contributed by atoms with Crippen molar-refractivity contribution < 1.29 is 9.53 Å². The molecule has 0 bridgehead atoms. The van der Waals surface area contributed by atoms with Crippen LogP contribution in [0.3, 0.4) is 0 Å². The number of rotatable bonds is 3. The number of benzene rings is 1. The van der Waals surface area contributed by atoms with Crippen LogP contribution in [0.25, 0.3) is 10.9 Å². The van der Waals surface area contributed by atoms with Gasteiger partial charge in [0.2, 0.25) is 0 Å². The van der Waals surface area contributed by atoms with E-state index in [1.54, 1.807) is 6.20 Å². The van der Waals surface area contributed by atoms with Crippen LogP contribution in [-0.4, -0.2) is 54.2 Å². The molecule has 4 rings (SSSR count). The molecule has 2 fully saturated rings. The molecular weight excluding hydrogens is 302 g/mol. The van der Waals surface area contributed by atoms with Crippen LogP contribution in [0.2, 0.25) is 0 Å². The number of pyridine rings is 1. The van der Waals surface area contributed by atoms with E-state index < -0.39 is 0 Å². The van der Waals surface area contributed by atoms with E-state index in [2.05, 4.69) is 15.2 Å². The third-order valence-corrected chi connectivity index (χ3v) is 5.09. The first-order valence-corrected chi connectivity index (χ1v) is 8.79. The van der Waals surface area contributed by atoms with Crippen molar-refractivity contribution in [3.8, 4) is 0 Å². The van der Waals surface area contributed by atoms with Crippen LogP contribution in [0.1, 0.15) is 29.6 Å². The minimum absolute atomic E-state index is 0.0294. The van der Waals surface area contributed by atoms with Crippen molar-refractivity contribution in [1.29, 1.82) is 0 Å². The van der Waals surface area contributed by atoms with E-state index in [1.807, 2.05) is 30.3 Å². The maximum Gasteiger partial charge on any atom is 0.251 e. The van der Waals surface area contributed by atoms with E-state index >= 15 is 0 Å². The van der Waals surface area contributed by atoms with Crippen LogP contribution in [-0.2, 0) is 4.74 Å². The normalized spacial score (nSPS) is 25.0.